The number of rotatable bonds is 1. The quantitative estimate of drug-likeness (QED) is 0.480. The lowest BCUT2D eigenvalue weighted by atomic mass is 9.95. The van der Waals surface area contributed by atoms with Crippen LogP contribution in [-0.2, 0) is 9.59 Å². The van der Waals surface area contributed by atoms with Gasteiger partial charge in [-0.1, -0.05) is 12.2 Å². The molecule has 1 aliphatic rings. The van der Waals surface area contributed by atoms with E-state index >= 15 is 0 Å². The van der Waals surface area contributed by atoms with Crippen molar-refractivity contribution in [1.82, 2.24) is 0 Å². The fourth-order valence-corrected chi connectivity index (χ4v) is 1.02. The van der Waals surface area contributed by atoms with E-state index < -0.39 is 5.97 Å². The predicted molar refractivity (Wildman–Crippen MR) is 45.9 cm³/mol. The van der Waals surface area contributed by atoms with Gasteiger partial charge in [-0.3, -0.25) is 4.79 Å². The molecule has 0 aromatic heterocycles. The van der Waals surface area contributed by atoms with E-state index in [1.807, 2.05) is 12.2 Å². The van der Waals surface area contributed by atoms with Gasteiger partial charge in [-0.25, -0.2) is 0 Å². The van der Waals surface area contributed by atoms with Crippen LogP contribution < -0.4 is 0 Å². The SMILES string of the molecule is CC=O.O=C(O)C1CC=CCC1. The summed E-state index contributed by atoms with van der Waals surface area (Å²) in [6.07, 6.45) is 7.19. The molecule has 0 bridgehead atoms. The van der Waals surface area contributed by atoms with Gasteiger partial charge >= 0.3 is 5.97 Å². The molecule has 0 saturated heterocycles. The van der Waals surface area contributed by atoms with E-state index in [-0.39, 0.29) is 5.92 Å². The first kappa shape index (κ1) is 10.9. The van der Waals surface area contributed by atoms with Crippen LogP contribution in [0.15, 0.2) is 12.2 Å². The van der Waals surface area contributed by atoms with Gasteiger partial charge in [-0.15, -0.1) is 0 Å². The maximum Gasteiger partial charge on any atom is 0.306 e. The molecule has 12 heavy (non-hydrogen) atoms. The number of allylic oxidation sites excluding steroid dienone is 2. The lowest BCUT2D eigenvalue weighted by Crippen LogP contribution is -2.13. The van der Waals surface area contributed by atoms with Gasteiger partial charge in [0.15, 0.2) is 0 Å². The topological polar surface area (TPSA) is 54.4 Å². The van der Waals surface area contributed by atoms with Crippen molar-refractivity contribution in [3.8, 4) is 0 Å². The van der Waals surface area contributed by atoms with Crippen LogP contribution >= 0.6 is 0 Å². The number of aldehydes is 1. The van der Waals surface area contributed by atoms with Gasteiger partial charge in [0.2, 0.25) is 0 Å². The first-order chi connectivity index (χ1) is 5.72. The highest BCUT2D eigenvalue weighted by molar-refractivity contribution is 5.70. The van der Waals surface area contributed by atoms with Crippen molar-refractivity contribution < 1.29 is 14.7 Å². The second-order valence-corrected chi connectivity index (χ2v) is 2.56. The molecule has 0 radical (unpaired) electrons. The Balaban J connectivity index is 0.000000354. The summed E-state index contributed by atoms with van der Waals surface area (Å²) in [7, 11) is 0. The highest BCUT2D eigenvalue weighted by atomic mass is 16.4. The van der Waals surface area contributed by atoms with Crippen molar-refractivity contribution >= 4 is 12.3 Å². The maximum absolute atomic E-state index is 10.3. The third-order valence-corrected chi connectivity index (χ3v) is 1.62. The Labute approximate surface area is 72.1 Å². The zero-order chi connectivity index (χ0) is 9.40. The van der Waals surface area contributed by atoms with Crippen molar-refractivity contribution in [3.63, 3.8) is 0 Å². The summed E-state index contributed by atoms with van der Waals surface area (Å²) in [5, 5.41) is 8.50. The molecule has 0 amide bonds. The molecule has 0 fully saturated rings. The molecule has 3 heteroatoms. The number of carbonyl (C=O) groups excluding carboxylic acids is 1. The van der Waals surface area contributed by atoms with Crippen molar-refractivity contribution in [2.45, 2.75) is 26.2 Å². The van der Waals surface area contributed by atoms with Crippen LogP contribution in [0.3, 0.4) is 0 Å². The number of carbonyl (C=O) groups is 2. The third-order valence-electron chi connectivity index (χ3n) is 1.62. The molecule has 0 aromatic carbocycles. The summed E-state index contributed by atoms with van der Waals surface area (Å²) in [5.41, 5.74) is 0. The van der Waals surface area contributed by atoms with Crippen LogP contribution in [-0.4, -0.2) is 17.4 Å². The predicted octanol–water partition coefficient (Wildman–Crippen LogP) is 1.63. The maximum atomic E-state index is 10.3. The van der Waals surface area contributed by atoms with E-state index in [1.165, 1.54) is 6.92 Å². The molecule has 1 aliphatic carbocycles. The van der Waals surface area contributed by atoms with Crippen molar-refractivity contribution in [2.75, 3.05) is 0 Å². The highest BCUT2D eigenvalue weighted by Gasteiger charge is 2.16. The van der Waals surface area contributed by atoms with Crippen LogP contribution in [0.2, 0.25) is 0 Å². The Morgan fingerprint density at radius 2 is 2.17 bits per heavy atom. The molecule has 1 rings (SSSR count). The van der Waals surface area contributed by atoms with Gasteiger partial charge in [-0.05, 0) is 26.2 Å². The summed E-state index contributed by atoms with van der Waals surface area (Å²) in [6.45, 7) is 1.44. The second-order valence-electron chi connectivity index (χ2n) is 2.56. The fraction of sp³-hybridized carbons (Fsp3) is 0.556. The molecule has 1 N–H and O–H groups in total. The molecule has 0 saturated carbocycles. The Morgan fingerprint density at radius 3 is 2.42 bits per heavy atom. The number of hydrogen-bond acceptors (Lipinski definition) is 2. The van der Waals surface area contributed by atoms with Crippen LogP contribution in [0.4, 0.5) is 0 Å². The summed E-state index contributed by atoms with van der Waals surface area (Å²) >= 11 is 0. The molecule has 3 nitrogen and oxygen atoms in total. The molecular weight excluding hydrogens is 156 g/mol. The molecule has 68 valence electrons. The zero-order valence-corrected chi connectivity index (χ0v) is 7.19. The van der Waals surface area contributed by atoms with Gasteiger partial charge in [0.05, 0.1) is 5.92 Å². The first-order valence-corrected chi connectivity index (χ1v) is 4.00. The minimum absolute atomic E-state index is 0.116. The zero-order valence-electron chi connectivity index (χ0n) is 7.19. The number of carboxylic acid groups (broad SMARTS) is 1. The standard InChI is InChI=1S/C7H10O2.C2H4O/c8-7(9)6-4-2-1-3-5-6;1-2-3/h1-2,6H,3-5H2,(H,8,9);2H,1H3. The number of aliphatic carboxylic acids is 1. The van der Waals surface area contributed by atoms with E-state index in [0.717, 1.165) is 25.5 Å². The first-order valence-electron chi connectivity index (χ1n) is 4.00. The Hall–Kier alpha value is -1.12. The molecule has 0 aromatic rings. The van der Waals surface area contributed by atoms with Crippen molar-refractivity contribution in [2.24, 2.45) is 5.92 Å². The minimum atomic E-state index is -0.653. The number of hydrogen-bond donors (Lipinski definition) is 1. The average Bonchev–Trinajstić information content (AvgIpc) is 2.07. The van der Waals surface area contributed by atoms with Gasteiger partial charge in [0, 0.05) is 0 Å². The minimum Gasteiger partial charge on any atom is -0.481 e. The Bertz CT molecular complexity index is 173. The van der Waals surface area contributed by atoms with Gasteiger partial charge in [0.1, 0.15) is 6.29 Å². The van der Waals surface area contributed by atoms with Crippen LogP contribution in [0.5, 0.6) is 0 Å². The molecular formula is C9H14O3. The monoisotopic (exact) mass is 170 g/mol. The summed E-state index contributed by atoms with van der Waals surface area (Å²) in [5.74, 6) is -0.769. The summed E-state index contributed by atoms with van der Waals surface area (Å²) in [6, 6.07) is 0. The average molecular weight is 170 g/mol. The largest absolute Gasteiger partial charge is 0.481 e. The van der Waals surface area contributed by atoms with E-state index in [2.05, 4.69) is 0 Å². The summed E-state index contributed by atoms with van der Waals surface area (Å²) < 4.78 is 0. The molecule has 1 atom stereocenters. The van der Waals surface area contributed by atoms with Crippen LogP contribution in [0.25, 0.3) is 0 Å². The Morgan fingerprint density at radius 1 is 1.58 bits per heavy atom. The van der Waals surface area contributed by atoms with Crippen molar-refractivity contribution in [1.29, 1.82) is 0 Å². The van der Waals surface area contributed by atoms with Crippen LogP contribution in [0, 0.1) is 5.92 Å². The van der Waals surface area contributed by atoms with Crippen molar-refractivity contribution in [3.05, 3.63) is 12.2 Å². The lowest BCUT2D eigenvalue weighted by molar-refractivity contribution is -0.141. The normalized spacial score (nSPS) is 20.6. The lowest BCUT2D eigenvalue weighted by Gasteiger charge is -2.11. The van der Waals surface area contributed by atoms with E-state index in [4.69, 9.17) is 9.90 Å². The van der Waals surface area contributed by atoms with Gasteiger partial charge < -0.3 is 9.90 Å². The summed E-state index contributed by atoms with van der Waals surface area (Å²) in [4.78, 5) is 19.1. The molecule has 0 heterocycles. The molecule has 0 spiro atoms. The van der Waals surface area contributed by atoms with E-state index in [1.54, 1.807) is 0 Å². The van der Waals surface area contributed by atoms with E-state index in [0.29, 0.717) is 0 Å². The fourth-order valence-electron chi connectivity index (χ4n) is 1.02. The van der Waals surface area contributed by atoms with E-state index in [9.17, 15) is 4.79 Å². The smallest absolute Gasteiger partial charge is 0.306 e. The second kappa shape index (κ2) is 6.58. The molecule has 1 unspecified atom stereocenters. The molecule has 0 aliphatic heterocycles. The third kappa shape index (κ3) is 4.66. The van der Waals surface area contributed by atoms with Gasteiger partial charge in [-0.2, -0.15) is 0 Å². The Kier molecular flexibility index (Phi) is 5.97. The number of carboxylic acids is 1. The van der Waals surface area contributed by atoms with Crippen LogP contribution in [0.1, 0.15) is 26.2 Å². The van der Waals surface area contributed by atoms with Gasteiger partial charge in [0.25, 0.3) is 0 Å². The highest BCUT2D eigenvalue weighted by Crippen LogP contribution is 2.17.